The molecule has 2 unspecified atom stereocenters. The summed E-state index contributed by atoms with van der Waals surface area (Å²) in [4.78, 5) is 6.70. The second kappa shape index (κ2) is 7.99. The van der Waals surface area contributed by atoms with Crippen molar-refractivity contribution in [2.45, 2.75) is 36.6 Å². The third-order valence-electron chi connectivity index (χ3n) is 5.33. The number of aliphatic hydroxyl groups is 1. The van der Waals surface area contributed by atoms with Gasteiger partial charge < -0.3 is 15.3 Å². The number of piperazine rings is 1. The number of aliphatic hydroxyl groups excluding tert-OH is 1. The minimum absolute atomic E-state index is 0.207. The van der Waals surface area contributed by atoms with Crippen LogP contribution in [0.25, 0.3) is 0 Å². The number of hydrogen-bond acceptors (Lipinski definition) is 6. The zero-order chi connectivity index (χ0) is 17.9. The Morgan fingerprint density at radius 2 is 2.00 bits per heavy atom. The Labute approximate surface area is 150 Å². The quantitative estimate of drug-likeness (QED) is 0.779. The van der Waals surface area contributed by atoms with Crippen molar-refractivity contribution < 1.29 is 13.5 Å². The molecule has 140 valence electrons. The van der Waals surface area contributed by atoms with Gasteiger partial charge in [-0.3, -0.25) is 0 Å². The van der Waals surface area contributed by atoms with Crippen LogP contribution in [-0.2, 0) is 10.0 Å². The first-order chi connectivity index (χ1) is 12.0. The van der Waals surface area contributed by atoms with Gasteiger partial charge in [0.25, 0.3) is 0 Å². The van der Waals surface area contributed by atoms with Crippen LogP contribution in [0.2, 0.25) is 0 Å². The predicted molar refractivity (Wildman–Crippen MR) is 96.9 cm³/mol. The highest BCUT2D eigenvalue weighted by atomic mass is 32.2. The average Bonchev–Trinajstić information content (AvgIpc) is 3.03. The molecule has 0 amide bonds. The van der Waals surface area contributed by atoms with Crippen molar-refractivity contribution >= 4 is 15.8 Å². The fraction of sp³-hybridized carbons (Fsp3) is 0.706. The molecule has 0 aromatic carbocycles. The van der Waals surface area contributed by atoms with Crippen LogP contribution in [0.5, 0.6) is 0 Å². The Morgan fingerprint density at radius 3 is 2.64 bits per heavy atom. The number of hydrogen-bond donors (Lipinski definition) is 2. The minimum Gasteiger partial charge on any atom is -0.396 e. The molecule has 0 bridgehead atoms. The van der Waals surface area contributed by atoms with Crippen LogP contribution in [0, 0.1) is 5.92 Å². The molecule has 25 heavy (non-hydrogen) atoms. The molecule has 0 radical (unpaired) electrons. The standard InChI is InChI=1S/C17H28N4O3S/c1-20-8-10-21(11-9-20)25(23,24)15-5-6-17(18-13-15)19-16-4-2-3-14(16)7-12-22/h5-6,13-14,16,22H,2-4,7-12H2,1H3,(H,18,19). The first-order valence-electron chi connectivity index (χ1n) is 9.03. The number of likely N-dealkylation sites (N-methyl/N-ethyl adjacent to an activating group) is 1. The molecule has 2 fully saturated rings. The largest absolute Gasteiger partial charge is 0.396 e. The number of nitrogens with one attached hydrogen (secondary N) is 1. The Kier molecular flexibility index (Phi) is 5.93. The molecule has 1 saturated carbocycles. The highest BCUT2D eigenvalue weighted by molar-refractivity contribution is 7.89. The van der Waals surface area contributed by atoms with Crippen LogP contribution in [0.4, 0.5) is 5.82 Å². The molecule has 1 aliphatic heterocycles. The molecule has 0 spiro atoms. The van der Waals surface area contributed by atoms with E-state index in [4.69, 9.17) is 5.11 Å². The molecule has 1 aromatic rings. The lowest BCUT2D eigenvalue weighted by Gasteiger charge is -2.31. The summed E-state index contributed by atoms with van der Waals surface area (Å²) >= 11 is 0. The van der Waals surface area contributed by atoms with Gasteiger partial charge in [0.05, 0.1) is 0 Å². The zero-order valence-electron chi connectivity index (χ0n) is 14.8. The maximum atomic E-state index is 12.7. The highest BCUT2D eigenvalue weighted by Crippen LogP contribution is 2.30. The van der Waals surface area contributed by atoms with E-state index < -0.39 is 10.0 Å². The van der Waals surface area contributed by atoms with Crippen LogP contribution < -0.4 is 5.32 Å². The number of anilines is 1. The van der Waals surface area contributed by atoms with Gasteiger partial charge in [-0.25, -0.2) is 13.4 Å². The van der Waals surface area contributed by atoms with Crippen molar-refractivity contribution in [3.05, 3.63) is 18.3 Å². The van der Waals surface area contributed by atoms with E-state index >= 15 is 0 Å². The SMILES string of the molecule is CN1CCN(S(=O)(=O)c2ccc(NC3CCCC3CCO)nc2)CC1. The third kappa shape index (κ3) is 4.31. The van der Waals surface area contributed by atoms with Gasteiger partial charge in [-0.15, -0.1) is 0 Å². The fourth-order valence-electron chi connectivity index (χ4n) is 3.72. The van der Waals surface area contributed by atoms with Gasteiger partial charge in [0, 0.05) is 45.0 Å². The van der Waals surface area contributed by atoms with Gasteiger partial charge in [0.15, 0.2) is 0 Å². The fourth-order valence-corrected chi connectivity index (χ4v) is 5.09. The van der Waals surface area contributed by atoms with E-state index in [9.17, 15) is 8.42 Å². The molecule has 8 heteroatoms. The predicted octanol–water partition coefficient (Wildman–Crippen LogP) is 0.981. The molecule has 3 rings (SSSR count). The van der Waals surface area contributed by atoms with Crippen molar-refractivity contribution in [2.24, 2.45) is 5.92 Å². The Morgan fingerprint density at radius 1 is 1.24 bits per heavy atom. The van der Waals surface area contributed by atoms with E-state index in [0.29, 0.717) is 30.9 Å². The monoisotopic (exact) mass is 368 g/mol. The Balaban J connectivity index is 1.65. The second-order valence-corrected chi connectivity index (χ2v) is 8.98. The molecule has 2 N–H and O–H groups in total. The van der Waals surface area contributed by atoms with E-state index in [1.54, 1.807) is 12.1 Å². The van der Waals surface area contributed by atoms with E-state index in [2.05, 4.69) is 15.2 Å². The van der Waals surface area contributed by atoms with Crippen LogP contribution >= 0.6 is 0 Å². The summed E-state index contributed by atoms with van der Waals surface area (Å²) in [6.07, 6.45) is 5.58. The summed E-state index contributed by atoms with van der Waals surface area (Å²) in [5, 5.41) is 12.6. The van der Waals surface area contributed by atoms with Crippen LogP contribution in [-0.4, -0.2) is 73.6 Å². The van der Waals surface area contributed by atoms with Gasteiger partial charge in [-0.1, -0.05) is 6.42 Å². The van der Waals surface area contributed by atoms with Crippen LogP contribution in [0.3, 0.4) is 0 Å². The molecule has 1 saturated heterocycles. The Bertz CT molecular complexity index is 657. The molecular weight excluding hydrogens is 340 g/mol. The molecule has 2 heterocycles. The summed E-state index contributed by atoms with van der Waals surface area (Å²) in [7, 11) is -1.47. The maximum Gasteiger partial charge on any atom is 0.244 e. The summed E-state index contributed by atoms with van der Waals surface area (Å²) in [6, 6.07) is 3.69. The summed E-state index contributed by atoms with van der Waals surface area (Å²) < 4.78 is 26.9. The minimum atomic E-state index is -3.47. The zero-order valence-corrected chi connectivity index (χ0v) is 15.6. The normalized spacial score (nSPS) is 26.0. The number of sulfonamides is 1. The van der Waals surface area contributed by atoms with Crippen molar-refractivity contribution in [2.75, 3.05) is 45.2 Å². The summed E-state index contributed by atoms with van der Waals surface area (Å²) in [6.45, 7) is 2.74. The molecule has 7 nitrogen and oxygen atoms in total. The van der Waals surface area contributed by atoms with E-state index in [0.717, 1.165) is 38.8 Å². The van der Waals surface area contributed by atoms with Crippen LogP contribution in [0.15, 0.2) is 23.2 Å². The van der Waals surface area contributed by atoms with Gasteiger partial charge in [-0.05, 0) is 44.4 Å². The molecular formula is C17H28N4O3S. The van der Waals surface area contributed by atoms with Crippen molar-refractivity contribution in [1.82, 2.24) is 14.2 Å². The molecule has 1 aliphatic carbocycles. The molecule has 1 aromatic heterocycles. The Hall–Kier alpha value is -1.22. The number of rotatable bonds is 6. The summed E-state index contributed by atoms with van der Waals surface area (Å²) in [5.74, 6) is 1.16. The molecule has 2 aliphatic rings. The maximum absolute atomic E-state index is 12.7. The first kappa shape index (κ1) is 18.6. The lowest BCUT2D eigenvalue weighted by molar-refractivity contribution is 0.222. The lowest BCUT2D eigenvalue weighted by Crippen LogP contribution is -2.47. The van der Waals surface area contributed by atoms with Crippen molar-refractivity contribution in [3.8, 4) is 0 Å². The highest BCUT2D eigenvalue weighted by Gasteiger charge is 2.29. The smallest absolute Gasteiger partial charge is 0.244 e. The average molecular weight is 369 g/mol. The van der Waals surface area contributed by atoms with Gasteiger partial charge >= 0.3 is 0 Å². The van der Waals surface area contributed by atoms with Gasteiger partial charge in [0.1, 0.15) is 10.7 Å². The van der Waals surface area contributed by atoms with Gasteiger partial charge in [-0.2, -0.15) is 4.31 Å². The van der Waals surface area contributed by atoms with Crippen LogP contribution in [0.1, 0.15) is 25.7 Å². The second-order valence-electron chi connectivity index (χ2n) is 7.04. The number of pyridine rings is 1. The third-order valence-corrected chi connectivity index (χ3v) is 7.21. The van der Waals surface area contributed by atoms with Crippen molar-refractivity contribution in [1.29, 1.82) is 0 Å². The number of nitrogens with zero attached hydrogens (tertiary/aromatic N) is 3. The first-order valence-corrected chi connectivity index (χ1v) is 10.5. The molecule has 2 atom stereocenters. The number of aromatic nitrogens is 1. The summed E-state index contributed by atoms with van der Waals surface area (Å²) in [5.41, 5.74) is 0. The van der Waals surface area contributed by atoms with E-state index in [-0.39, 0.29) is 11.5 Å². The topological polar surface area (TPSA) is 85.8 Å². The van der Waals surface area contributed by atoms with Gasteiger partial charge in [0.2, 0.25) is 10.0 Å². The van der Waals surface area contributed by atoms with Crippen molar-refractivity contribution in [3.63, 3.8) is 0 Å². The van der Waals surface area contributed by atoms with E-state index in [1.165, 1.54) is 10.5 Å². The lowest BCUT2D eigenvalue weighted by atomic mass is 10.00. The van der Waals surface area contributed by atoms with E-state index in [1.807, 2.05) is 7.05 Å².